The summed E-state index contributed by atoms with van der Waals surface area (Å²) in [5, 5.41) is 13.1. The molecule has 0 fully saturated rings. The van der Waals surface area contributed by atoms with E-state index in [1.165, 1.54) is 15.5 Å². The summed E-state index contributed by atoms with van der Waals surface area (Å²) in [6.07, 6.45) is 1.75. The fourth-order valence-corrected chi connectivity index (χ4v) is 4.54. The molecule has 0 aliphatic carbocycles. The molecule has 2 amide bonds. The number of carbonyl (C=O) groups excluding carboxylic acids is 2. The highest BCUT2D eigenvalue weighted by molar-refractivity contribution is 6.30. The number of aromatic nitrogens is 2. The Balaban J connectivity index is 1.82. The average molecular weight is 523 g/mol. The first-order valence-corrected chi connectivity index (χ1v) is 12.2. The fraction of sp³-hybridized carbons (Fsp3) is 0.500. The number of amides is 2. The Morgan fingerprint density at radius 3 is 2.78 bits per heavy atom. The van der Waals surface area contributed by atoms with E-state index in [0.717, 1.165) is 6.07 Å². The number of halogens is 2. The lowest BCUT2D eigenvalue weighted by Crippen LogP contribution is -2.39. The Kier molecular flexibility index (Phi) is 7.79. The van der Waals surface area contributed by atoms with Crippen LogP contribution in [0, 0.1) is 5.82 Å². The van der Waals surface area contributed by atoms with Crippen LogP contribution in [0.1, 0.15) is 66.6 Å². The number of benzene rings is 1. The highest BCUT2D eigenvalue weighted by Crippen LogP contribution is 2.30. The van der Waals surface area contributed by atoms with Gasteiger partial charge >= 0.3 is 0 Å². The molecule has 0 saturated carbocycles. The normalized spacial score (nSPS) is 21.3. The van der Waals surface area contributed by atoms with E-state index >= 15 is 0 Å². The van der Waals surface area contributed by atoms with Crippen LogP contribution in [0.5, 0.6) is 11.5 Å². The molecule has 2 aromatic rings. The molecule has 0 spiro atoms. The summed E-state index contributed by atoms with van der Waals surface area (Å²) in [5.41, 5.74) is -0.860. The van der Waals surface area contributed by atoms with Crippen LogP contribution in [0.25, 0.3) is 0 Å². The zero-order valence-corrected chi connectivity index (χ0v) is 20.8. The molecule has 1 aromatic carbocycles. The van der Waals surface area contributed by atoms with E-state index in [1.54, 1.807) is 7.05 Å². The van der Waals surface area contributed by atoms with Crippen LogP contribution in [-0.4, -0.2) is 58.2 Å². The first-order chi connectivity index (χ1) is 17.2. The number of rotatable bonds is 1. The Morgan fingerprint density at radius 1 is 1.25 bits per heavy atom. The van der Waals surface area contributed by atoms with Crippen LogP contribution in [-0.2, 0) is 16.1 Å². The minimum atomic E-state index is -0.822. The third-order valence-electron chi connectivity index (χ3n) is 6.50. The average Bonchev–Trinajstić information content (AvgIpc) is 3.04. The van der Waals surface area contributed by atoms with Gasteiger partial charge in [-0.1, -0.05) is 18.5 Å². The van der Waals surface area contributed by atoms with Crippen molar-refractivity contribution in [1.82, 2.24) is 19.8 Å². The minimum absolute atomic E-state index is 0.0809. The van der Waals surface area contributed by atoms with Crippen molar-refractivity contribution in [2.75, 3.05) is 26.9 Å². The topological polar surface area (TPSA) is 123 Å². The Labute approximate surface area is 212 Å². The van der Waals surface area contributed by atoms with Gasteiger partial charge in [0, 0.05) is 31.6 Å². The van der Waals surface area contributed by atoms with E-state index in [0.29, 0.717) is 24.8 Å². The minimum Gasteiger partial charge on any atom is -0.501 e. The van der Waals surface area contributed by atoms with Crippen molar-refractivity contribution in [2.45, 2.75) is 51.2 Å². The van der Waals surface area contributed by atoms with Gasteiger partial charge in [0.15, 0.2) is 5.69 Å². The fourth-order valence-electron chi connectivity index (χ4n) is 4.35. The monoisotopic (exact) mass is 522 g/mol. The van der Waals surface area contributed by atoms with Gasteiger partial charge in [0.25, 0.3) is 11.5 Å². The molecule has 2 unspecified atom stereocenters. The molecule has 12 heteroatoms. The van der Waals surface area contributed by atoms with Crippen LogP contribution in [0.15, 0.2) is 16.9 Å². The predicted molar refractivity (Wildman–Crippen MR) is 128 cm³/mol. The van der Waals surface area contributed by atoms with Crippen molar-refractivity contribution < 1.29 is 28.6 Å². The van der Waals surface area contributed by atoms with Crippen LogP contribution >= 0.6 is 11.6 Å². The Hall–Kier alpha value is -3.18. The van der Waals surface area contributed by atoms with Crippen molar-refractivity contribution in [1.29, 1.82) is 0 Å². The molecule has 0 radical (unpaired) electrons. The number of ether oxygens (including phenoxy) is 2. The smallest absolute Gasteiger partial charge is 0.296 e. The lowest BCUT2D eigenvalue weighted by atomic mass is 10.1. The zero-order valence-electron chi connectivity index (χ0n) is 20.1. The van der Waals surface area contributed by atoms with Crippen molar-refractivity contribution >= 4 is 23.4 Å². The molecule has 1 aromatic heterocycles. The molecule has 2 aliphatic rings. The van der Waals surface area contributed by atoms with Gasteiger partial charge in [-0.3, -0.25) is 19.0 Å². The maximum Gasteiger partial charge on any atom is 0.296 e. The molecule has 3 heterocycles. The van der Waals surface area contributed by atoms with E-state index in [-0.39, 0.29) is 55.3 Å². The standard InChI is InChI=1S/C24H28ClFN4O6/c1-3-14-11-35-12-17-22-28-20(21(32)24(34)30(14)22)23(33)27-10-13-8-15(25)16(26)9-18(13)36-7-5-4-6-19(31)29(17)2/h8-9,14,17,32H,3-7,10-12H2,1-2H3,(H,27,33). The SMILES string of the molecule is CCC1COCC2c3nc(c(O)c(=O)n31)C(=O)NCc1cc(Cl)c(F)cc1OCCCCC(=O)N2C. The molecule has 194 valence electrons. The summed E-state index contributed by atoms with van der Waals surface area (Å²) < 4.78 is 26.9. The molecule has 2 bridgehead atoms. The maximum absolute atomic E-state index is 14.1. The van der Waals surface area contributed by atoms with Gasteiger partial charge in [-0.2, -0.15) is 0 Å². The number of nitrogens with one attached hydrogen (secondary N) is 1. The second-order valence-corrected chi connectivity index (χ2v) is 9.23. The lowest BCUT2D eigenvalue weighted by Gasteiger charge is -2.28. The predicted octanol–water partition coefficient (Wildman–Crippen LogP) is 2.71. The van der Waals surface area contributed by atoms with Gasteiger partial charge in [-0.25, -0.2) is 9.37 Å². The molecule has 4 rings (SSSR count). The van der Waals surface area contributed by atoms with Crippen molar-refractivity contribution in [3.8, 4) is 11.5 Å². The van der Waals surface area contributed by atoms with Gasteiger partial charge in [0.05, 0.1) is 30.9 Å². The first kappa shape index (κ1) is 25.9. The molecular weight excluding hydrogens is 495 g/mol. The lowest BCUT2D eigenvalue weighted by molar-refractivity contribution is -0.133. The number of aromatic hydroxyl groups is 1. The van der Waals surface area contributed by atoms with Crippen molar-refractivity contribution in [3.63, 3.8) is 0 Å². The quantitative estimate of drug-likeness (QED) is 0.590. The van der Waals surface area contributed by atoms with Crippen LogP contribution in [0.3, 0.4) is 0 Å². The second kappa shape index (κ2) is 10.8. The summed E-state index contributed by atoms with van der Waals surface area (Å²) in [7, 11) is 1.59. The van der Waals surface area contributed by atoms with E-state index in [4.69, 9.17) is 21.1 Å². The van der Waals surface area contributed by atoms with E-state index in [1.807, 2.05) is 6.92 Å². The van der Waals surface area contributed by atoms with E-state index in [2.05, 4.69) is 10.3 Å². The molecule has 0 saturated heterocycles. The van der Waals surface area contributed by atoms with Crippen LogP contribution in [0.4, 0.5) is 4.39 Å². The van der Waals surface area contributed by atoms with Crippen molar-refractivity contribution in [3.05, 3.63) is 50.4 Å². The van der Waals surface area contributed by atoms with Crippen molar-refractivity contribution in [2.24, 2.45) is 0 Å². The largest absolute Gasteiger partial charge is 0.501 e. The van der Waals surface area contributed by atoms with Gasteiger partial charge < -0.3 is 24.8 Å². The van der Waals surface area contributed by atoms with Crippen LogP contribution in [0.2, 0.25) is 5.02 Å². The molecule has 2 atom stereocenters. The second-order valence-electron chi connectivity index (χ2n) is 8.82. The highest BCUT2D eigenvalue weighted by atomic mass is 35.5. The maximum atomic E-state index is 14.1. The summed E-state index contributed by atoms with van der Waals surface area (Å²) in [4.78, 5) is 45.1. The Bertz CT molecular complexity index is 1240. The Morgan fingerprint density at radius 2 is 2.03 bits per heavy atom. The molecule has 2 N–H and O–H groups in total. The summed E-state index contributed by atoms with van der Waals surface area (Å²) in [5.74, 6) is -2.15. The number of hydrogen-bond donors (Lipinski definition) is 2. The summed E-state index contributed by atoms with van der Waals surface area (Å²) >= 11 is 5.93. The van der Waals surface area contributed by atoms with Gasteiger partial charge in [0.2, 0.25) is 11.7 Å². The highest BCUT2D eigenvalue weighted by Gasteiger charge is 2.34. The van der Waals surface area contributed by atoms with Gasteiger partial charge in [0.1, 0.15) is 23.4 Å². The summed E-state index contributed by atoms with van der Waals surface area (Å²) in [6, 6.07) is 1.31. The van der Waals surface area contributed by atoms with E-state index in [9.17, 15) is 23.9 Å². The number of likely N-dealkylation sites (N-methyl/N-ethyl adjacent to an activating group) is 1. The first-order valence-electron chi connectivity index (χ1n) is 11.8. The number of hydrogen-bond acceptors (Lipinski definition) is 7. The molecular formula is C24H28ClFN4O6. The molecule has 2 aliphatic heterocycles. The summed E-state index contributed by atoms with van der Waals surface area (Å²) in [6.45, 7) is 2.25. The third kappa shape index (κ3) is 5.03. The van der Waals surface area contributed by atoms with Gasteiger partial charge in [-0.05, 0) is 25.3 Å². The molecule has 10 nitrogen and oxygen atoms in total. The number of nitrogens with zero attached hydrogens (tertiary/aromatic N) is 3. The number of fused-ring (bicyclic) bond motifs is 2. The third-order valence-corrected chi connectivity index (χ3v) is 6.79. The van der Waals surface area contributed by atoms with Gasteiger partial charge in [-0.15, -0.1) is 0 Å². The molecule has 36 heavy (non-hydrogen) atoms. The van der Waals surface area contributed by atoms with Crippen LogP contribution < -0.4 is 15.6 Å². The van der Waals surface area contributed by atoms with E-state index < -0.39 is 40.8 Å². The zero-order chi connectivity index (χ0) is 26.0. The number of carbonyl (C=O) groups is 2.